The molecule has 2 saturated carbocycles. The van der Waals surface area contributed by atoms with Crippen molar-refractivity contribution >= 4 is 23.9 Å². The Morgan fingerprint density at radius 1 is 0.737 bits per heavy atom. The second kappa shape index (κ2) is 14.3. The molecule has 0 bridgehead atoms. The van der Waals surface area contributed by atoms with Crippen LogP contribution in [0.25, 0.3) is 0 Å². The van der Waals surface area contributed by atoms with Gasteiger partial charge in [0.25, 0.3) is 0 Å². The van der Waals surface area contributed by atoms with E-state index in [9.17, 15) is 39.6 Å². The number of aliphatic hydroxyl groups is 4. The van der Waals surface area contributed by atoms with Crippen molar-refractivity contribution in [1.82, 2.24) is 0 Å². The molecule has 13 atom stereocenters. The van der Waals surface area contributed by atoms with Crippen molar-refractivity contribution in [3.05, 3.63) is 58.2 Å². The molecule has 57 heavy (non-hydrogen) atoms. The number of allylic oxidation sites excluding steroid dienone is 2. The van der Waals surface area contributed by atoms with Crippen molar-refractivity contribution in [3.8, 4) is 0 Å². The lowest BCUT2D eigenvalue weighted by Crippen LogP contribution is -2.63. The van der Waals surface area contributed by atoms with Crippen molar-refractivity contribution in [2.24, 2.45) is 29.1 Å². The van der Waals surface area contributed by atoms with Crippen molar-refractivity contribution in [3.63, 3.8) is 0 Å². The summed E-state index contributed by atoms with van der Waals surface area (Å²) < 4.78 is 29.2. The molecular weight excluding hydrogens is 736 g/mol. The van der Waals surface area contributed by atoms with Crippen LogP contribution in [0.15, 0.2) is 52.6 Å². The first-order chi connectivity index (χ1) is 26.3. The highest BCUT2D eigenvalue weighted by Gasteiger charge is 2.74. The third kappa shape index (κ3) is 6.47. The molecule has 1 aromatic rings. The molecule has 0 amide bonds. The zero-order valence-electron chi connectivity index (χ0n) is 35.0. The minimum atomic E-state index is -2.26. The van der Waals surface area contributed by atoms with Crippen LogP contribution in [0.1, 0.15) is 107 Å². The average Bonchev–Trinajstić information content (AvgIpc) is 3.68. The zero-order chi connectivity index (χ0) is 42.4. The fourth-order valence-corrected chi connectivity index (χ4v) is 10.8. The van der Waals surface area contributed by atoms with Crippen molar-refractivity contribution in [2.75, 3.05) is 0 Å². The van der Waals surface area contributed by atoms with E-state index >= 15 is 0 Å². The van der Waals surface area contributed by atoms with Gasteiger partial charge in [-0.15, -0.1) is 0 Å². The van der Waals surface area contributed by atoms with Crippen LogP contribution in [0.3, 0.4) is 0 Å². The van der Waals surface area contributed by atoms with E-state index in [1.165, 1.54) is 13.8 Å². The summed E-state index contributed by atoms with van der Waals surface area (Å²) in [5, 5.41) is 44.9. The smallest absolute Gasteiger partial charge is 0.341 e. The maximum atomic E-state index is 13.0. The summed E-state index contributed by atoms with van der Waals surface area (Å²) in [5.41, 5.74) is -4.74. The predicted octanol–water partition coefficient (Wildman–Crippen LogP) is 4.41. The number of hydrogen-bond acceptors (Lipinski definition) is 13. The van der Waals surface area contributed by atoms with Crippen LogP contribution in [-0.4, -0.2) is 96.7 Å². The Labute approximate surface area is 334 Å². The summed E-state index contributed by atoms with van der Waals surface area (Å²) in [6.45, 7) is 19.2. The summed E-state index contributed by atoms with van der Waals surface area (Å²) in [6.07, 6.45) is -2.73. The second-order valence-electron chi connectivity index (χ2n) is 18.6. The Morgan fingerprint density at radius 3 is 1.68 bits per heavy atom. The van der Waals surface area contributed by atoms with Gasteiger partial charge in [-0.05, 0) is 89.9 Å². The van der Waals surface area contributed by atoms with Gasteiger partial charge in [0.2, 0.25) is 0 Å². The van der Waals surface area contributed by atoms with Gasteiger partial charge in [0, 0.05) is 38.5 Å². The van der Waals surface area contributed by atoms with Crippen LogP contribution in [0.2, 0.25) is 0 Å². The third-order valence-corrected chi connectivity index (χ3v) is 14.5. The van der Waals surface area contributed by atoms with Gasteiger partial charge in [-0.25, -0.2) is 4.79 Å². The second-order valence-corrected chi connectivity index (χ2v) is 18.6. The molecule has 4 N–H and O–H groups in total. The van der Waals surface area contributed by atoms with E-state index in [4.69, 9.17) is 23.7 Å². The first-order valence-electron chi connectivity index (χ1n) is 20.0. The van der Waals surface area contributed by atoms with Crippen molar-refractivity contribution in [2.45, 2.75) is 161 Å². The van der Waals surface area contributed by atoms with Crippen LogP contribution in [-0.2, 0) is 49.5 Å². The van der Waals surface area contributed by atoms with Gasteiger partial charge in [0.1, 0.15) is 16.8 Å². The molecule has 0 aromatic heterocycles. The number of ether oxygens (including phenoxy) is 5. The van der Waals surface area contributed by atoms with Crippen LogP contribution in [0.5, 0.6) is 0 Å². The number of esters is 4. The van der Waals surface area contributed by atoms with Gasteiger partial charge < -0.3 is 44.1 Å². The molecule has 2 aliphatic heterocycles. The minimum Gasteiger partial charge on any atom is -0.459 e. The molecular formula is C44H60O13. The summed E-state index contributed by atoms with van der Waals surface area (Å²) in [4.78, 5) is 49.0. The van der Waals surface area contributed by atoms with Gasteiger partial charge in [-0.1, -0.05) is 55.3 Å². The normalized spacial score (nSPS) is 43.0. The van der Waals surface area contributed by atoms with E-state index in [1.807, 2.05) is 58.0 Å². The molecule has 0 unspecified atom stereocenters. The molecule has 6 aliphatic rings. The number of fused-ring (bicyclic) bond motifs is 6. The third-order valence-electron chi connectivity index (χ3n) is 14.5. The van der Waals surface area contributed by atoms with Gasteiger partial charge in [0.05, 0.1) is 24.2 Å². The van der Waals surface area contributed by atoms with Gasteiger partial charge >= 0.3 is 23.9 Å². The maximum Gasteiger partial charge on any atom is 0.341 e. The first kappa shape index (κ1) is 43.0. The molecule has 1 aromatic carbocycles. The average molecular weight is 797 g/mol. The van der Waals surface area contributed by atoms with E-state index in [0.717, 1.165) is 35.6 Å². The van der Waals surface area contributed by atoms with E-state index in [-0.39, 0.29) is 49.1 Å². The number of benzene rings is 1. The lowest BCUT2D eigenvalue weighted by molar-refractivity contribution is -0.195. The Balaban J connectivity index is 0.000000199. The quantitative estimate of drug-likeness (QED) is 0.186. The van der Waals surface area contributed by atoms with E-state index in [0.29, 0.717) is 12.0 Å². The molecule has 314 valence electrons. The van der Waals surface area contributed by atoms with Crippen molar-refractivity contribution in [1.29, 1.82) is 0 Å². The lowest BCUT2D eigenvalue weighted by atomic mass is 9.68. The predicted molar refractivity (Wildman–Crippen MR) is 205 cm³/mol. The topological polar surface area (TPSA) is 195 Å². The molecule has 13 nitrogen and oxygen atoms in total. The zero-order valence-corrected chi connectivity index (χ0v) is 35.0. The monoisotopic (exact) mass is 796 g/mol. The van der Waals surface area contributed by atoms with Crippen LogP contribution in [0, 0.1) is 29.1 Å². The number of aliphatic hydroxyl groups excluding tert-OH is 1. The lowest BCUT2D eigenvalue weighted by Gasteiger charge is -2.42. The molecule has 0 spiro atoms. The van der Waals surface area contributed by atoms with E-state index in [1.54, 1.807) is 20.8 Å². The standard InChI is InChI=1S/C26H34O6.C18H26O7/c1-15-12-19-21(16(15)2)22-26(29,24(4,5)23(28)31-22)20(13-25(19,6)32-17(3)27)30-14-18-10-8-7-9-11-18;1-8-6-11-13(9(8)2)14-18(23,17(5,22)15(21)24-14)12(20)7-16(11,4)25-10(3)19/h7-11,15,19-20,22,29H,12-14H2,1-6H3;8,11-12,14,20,22-23H,6-7H2,1-5H3/t15-,19+,20-,22+,25+,26-;8-,11+,12+,14+,16+,17-,18-/m11/s1. The fourth-order valence-electron chi connectivity index (χ4n) is 10.8. The molecule has 4 aliphatic carbocycles. The summed E-state index contributed by atoms with van der Waals surface area (Å²) in [6, 6.07) is 9.69. The molecule has 4 fully saturated rings. The number of carbonyl (C=O) groups is 4. The fraction of sp³-hybridized carbons (Fsp3) is 0.682. The van der Waals surface area contributed by atoms with Crippen LogP contribution < -0.4 is 0 Å². The van der Waals surface area contributed by atoms with Gasteiger partial charge in [-0.3, -0.25) is 14.4 Å². The Kier molecular flexibility index (Phi) is 10.8. The first-order valence-corrected chi connectivity index (χ1v) is 20.0. The SMILES string of the molecule is CC(=O)O[C@@]1(C)C[C@@H](OCc2ccccc2)[C@@]2(O)[C@@H](OC(=O)C2(C)C)C2=C(C)[C@H](C)C[C@@H]21.CC(=O)O[C@@]1(C)C[C@H](O)[C@@]2(O)[C@@H](OC(=O)[C@@]2(C)O)C2=C(C)[C@H](C)C[C@@H]21. The minimum absolute atomic E-state index is 0.111. The highest BCUT2D eigenvalue weighted by atomic mass is 16.6. The summed E-state index contributed by atoms with van der Waals surface area (Å²) in [7, 11) is 0. The molecule has 7 rings (SSSR count). The molecule has 0 radical (unpaired) electrons. The van der Waals surface area contributed by atoms with Gasteiger partial charge in [0.15, 0.2) is 23.4 Å². The number of carbonyl (C=O) groups excluding carboxylic acids is 4. The Hall–Kier alpha value is -3.62. The number of rotatable bonds is 5. The van der Waals surface area contributed by atoms with Crippen molar-refractivity contribution < 1.29 is 63.3 Å². The summed E-state index contributed by atoms with van der Waals surface area (Å²) >= 11 is 0. The maximum absolute atomic E-state index is 13.0. The van der Waals surface area contributed by atoms with Crippen LogP contribution >= 0.6 is 0 Å². The van der Waals surface area contributed by atoms with Crippen LogP contribution in [0.4, 0.5) is 0 Å². The highest BCUT2D eigenvalue weighted by Crippen LogP contribution is 2.60. The Bertz CT molecular complexity index is 1880. The molecule has 2 saturated heterocycles. The van der Waals surface area contributed by atoms with Gasteiger partial charge in [-0.2, -0.15) is 0 Å². The number of hydrogen-bond donors (Lipinski definition) is 4. The molecule has 13 heteroatoms. The highest BCUT2D eigenvalue weighted by molar-refractivity contribution is 5.85. The van der Waals surface area contributed by atoms with E-state index in [2.05, 4.69) is 6.92 Å². The molecule has 2 heterocycles. The summed E-state index contributed by atoms with van der Waals surface area (Å²) in [5.74, 6) is -2.37. The Morgan fingerprint density at radius 2 is 1.19 bits per heavy atom. The van der Waals surface area contributed by atoms with E-state index < -0.39 is 75.7 Å². The largest absolute Gasteiger partial charge is 0.459 e.